The first-order chi connectivity index (χ1) is 9.30. The van der Waals surface area contributed by atoms with Crippen LogP contribution in [0.25, 0.3) is 0 Å². The van der Waals surface area contributed by atoms with Crippen molar-refractivity contribution in [2.24, 2.45) is 0 Å². The molecule has 0 spiro atoms. The van der Waals surface area contributed by atoms with Crippen LogP contribution in [0.4, 0.5) is 0 Å². The summed E-state index contributed by atoms with van der Waals surface area (Å²) < 4.78 is 8.03. The molecular weight excluding hydrogens is 240 g/mol. The first-order valence-corrected chi connectivity index (χ1v) is 7.33. The van der Waals surface area contributed by atoms with Crippen molar-refractivity contribution in [2.75, 3.05) is 33.3 Å². The van der Waals surface area contributed by atoms with Crippen molar-refractivity contribution in [3.63, 3.8) is 0 Å². The highest BCUT2D eigenvalue weighted by Gasteiger charge is 2.29. The minimum Gasteiger partial charge on any atom is -0.374 e. The highest BCUT2D eigenvalue weighted by atomic mass is 16.5. The second-order valence-corrected chi connectivity index (χ2v) is 5.05. The summed E-state index contributed by atoms with van der Waals surface area (Å²) in [7, 11) is 2.00. The van der Waals surface area contributed by atoms with Crippen LogP contribution in [0.15, 0.2) is 12.3 Å². The molecule has 0 amide bonds. The number of ether oxygens (including phenoxy) is 1. The summed E-state index contributed by atoms with van der Waals surface area (Å²) >= 11 is 0. The largest absolute Gasteiger partial charge is 0.374 e. The fourth-order valence-corrected chi connectivity index (χ4v) is 2.85. The van der Waals surface area contributed by atoms with Gasteiger partial charge in [0.1, 0.15) is 0 Å². The van der Waals surface area contributed by atoms with Gasteiger partial charge in [0.25, 0.3) is 0 Å². The molecule has 5 nitrogen and oxygen atoms in total. The third kappa shape index (κ3) is 3.35. The van der Waals surface area contributed by atoms with E-state index in [4.69, 9.17) is 4.74 Å². The molecular formula is C14H26N4O. The molecule has 0 saturated carbocycles. The van der Waals surface area contributed by atoms with Crippen LogP contribution in [0, 0.1) is 0 Å². The maximum Gasteiger partial charge on any atom is 0.0912 e. The third-order valence-corrected chi connectivity index (χ3v) is 3.77. The third-order valence-electron chi connectivity index (χ3n) is 3.77. The molecule has 1 saturated heterocycles. The lowest BCUT2D eigenvalue weighted by atomic mass is 10.1. The second-order valence-electron chi connectivity index (χ2n) is 5.05. The molecule has 1 aliphatic heterocycles. The van der Waals surface area contributed by atoms with Crippen LogP contribution < -0.4 is 5.32 Å². The number of nitrogens with zero attached hydrogens (tertiary/aromatic N) is 3. The standard InChI is InChI=1S/C14H26N4O/c1-4-8-17-9-10-19-13(11-17)14(15-3)12-6-7-16-18(12)5-2/h6-7,13-15H,4-5,8-11H2,1-3H3. The van der Waals surface area contributed by atoms with E-state index in [1.807, 2.05) is 17.9 Å². The molecule has 0 bridgehead atoms. The molecule has 0 aliphatic carbocycles. The highest BCUT2D eigenvalue weighted by molar-refractivity contribution is 5.10. The second kappa shape index (κ2) is 7.03. The van der Waals surface area contributed by atoms with Crippen molar-refractivity contribution in [3.8, 4) is 0 Å². The fourth-order valence-electron chi connectivity index (χ4n) is 2.85. The lowest BCUT2D eigenvalue weighted by molar-refractivity contribution is -0.0472. The molecule has 108 valence electrons. The van der Waals surface area contributed by atoms with E-state index in [2.05, 4.69) is 35.2 Å². The summed E-state index contributed by atoms with van der Waals surface area (Å²) in [6, 6.07) is 2.30. The van der Waals surface area contributed by atoms with Crippen LogP contribution in [0.5, 0.6) is 0 Å². The van der Waals surface area contributed by atoms with Gasteiger partial charge in [-0.15, -0.1) is 0 Å². The van der Waals surface area contributed by atoms with Gasteiger partial charge in [0.2, 0.25) is 0 Å². The molecule has 2 unspecified atom stereocenters. The van der Waals surface area contributed by atoms with E-state index in [9.17, 15) is 0 Å². The van der Waals surface area contributed by atoms with Gasteiger partial charge in [0, 0.05) is 25.8 Å². The summed E-state index contributed by atoms with van der Waals surface area (Å²) in [6.07, 6.45) is 3.27. The Morgan fingerprint density at radius 2 is 2.37 bits per heavy atom. The minimum atomic E-state index is 0.201. The molecule has 2 heterocycles. The monoisotopic (exact) mass is 266 g/mol. The van der Waals surface area contributed by atoms with Crippen LogP contribution in [-0.2, 0) is 11.3 Å². The maximum atomic E-state index is 5.99. The van der Waals surface area contributed by atoms with E-state index in [0.717, 1.165) is 32.8 Å². The topological polar surface area (TPSA) is 42.3 Å². The highest BCUT2D eigenvalue weighted by Crippen LogP contribution is 2.22. The van der Waals surface area contributed by atoms with Crippen LogP contribution in [0.2, 0.25) is 0 Å². The van der Waals surface area contributed by atoms with Gasteiger partial charge in [0.05, 0.1) is 24.4 Å². The summed E-state index contributed by atoms with van der Waals surface area (Å²) in [6.45, 7) is 9.26. The van der Waals surface area contributed by atoms with Crippen molar-refractivity contribution < 1.29 is 4.74 Å². The quantitative estimate of drug-likeness (QED) is 0.842. The average Bonchev–Trinajstić information content (AvgIpc) is 2.89. The van der Waals surface area contributed by atoms with Gasteiger partial charge in [-0.25, -0.2) is 0 Å². The molecule has 0 aromatic carbocycles. The fraction of sp³-hybridized carbons (Fsp3) is 0.786. The van der Waals surface area contributed by atoms with Gasteiger partial charge < -0.3 is 10.1 Å². The van der Waals surface area contributed by atoms with Crippen LogP contribution in [-0.4, -0.2) is 54.1 Å². The number of likely N-dealkylation sites (N-methyl/N-ethyl adjacent to an activating group) is 1. The van der Waals surface area contributed by atoms with Gasteiger partial charge in [-0.2, -0.15) is 5.10 Å². The Morgan fingerprint density at radius 3 is 3.05 bits per heavy atom. The van der Waals surface area contributed by atoms with Crippen molar-refractivity contribution in [1.29, 1.82) is 0 Å². The molecule has 5 heteroatoms. The molecule has 1 fully saturated rings. The van der Waals surface area contributed by atoms with E-state index < -0.39 is 0 Å². The number of rotatable bonds is 6. The van der Waals surface area contributed by atoms with Crippen molar-refractivity contribution in [1.82, 2.24) is 20.0 Å². The Bertz CT molecular complexity index is 377. The predicted octanol–water partition coefficient (Wildman–Crippen LogP) is 1.27. The SMILES string of the molecule is CCCN1CCOC(C(NC)c2ccnn2CC)C1. The van der Waals surface area contributed by atoms with Crippen molar-refractivity contribution >= 4 is 0 Å². The zero-order chi connectivity index (χ0) is 13.7. The summed E-state index contributed by atoms with van der Waals surface area (Å²) in [5.41, 5.74) is 1.22. The molecule has 0 radical (unpaired) electrons. The zero-order valence-electron chi connectivity index (χ0n) is 12.3. The molecule has 19 heavy (non-hydrogen) atoms. The van der Waals surface area contributed by atoms with E-state index in [-0.39, 0.29) is 12.1 Å². The van der Waals surface area contributed by atoms with Gasteiger partial charge in [-0.3, -0.25) is 9.58 Å². The summed E-state index contributed by atoms with van der Waals surface area (Å²) in [5.74, 6) is 0. The normalized spacial score (nSPS) is 22.6. The number of morpholine rings is 1. The van der Waals surface area contributed by atoms with E-state index >= 15 is 0 Å². The lowest BCUT2D eigenvalue weighted by Gasteiger charge is -2.36. The van der Waals surface area contributed by atoms with Gasteiger partial charge >= 0.3 is 0 Å². The van der Waals surface area contributed by atoms with E-state index in [1.165, 1.54) is 12.1 Å². The molecule has 2 rings (SSSR count). The molecule has 1 aromatic heterocycles. The Hall–Kier alpha value is -0.910. The Balaban J connectivity index is 2.08. The molecule has 1 N–H and O–H groups in total. The average molecular weight is 266 g/mol. The smallest absolute Gasteiger partial charge is 0.0912 e. The first-order valence-electron chi connectivity index (χ1n) is 7.33. The van der Waals surface area contributed by atoms with Gasteiger partial charge in [-0.05, 0) is 33.0 Å². The molecule has 2 atom stereocenters. The van der Waals surface area contributed by atoms with E-state index in [1.54, 1.807) is 0 Å². The van der Waals surface area contributed by atoms with Gasteiger partial charge in [-0.1, -0.05) is 6.92 Å². The Labute approximate surface area is 115 Å². The first kappa shape index (κ1) is 14.5. The predicted molar refractivity (Wildman–Crippen MR) is 76.2 cm³/mol. The van der Waals surface area contributed by atoms with E-state index in [0.29, 0.717) is 0 Å². The molecule has 1 aliphatic rings. The van der Waals surface area contributed by atoms with Gasteiger partial charge in [0.15, 0.2) is 0 Å². The zero-order valence-corrected chi connectivity index (χ0v) is 12.3. The number of hydrogen-bond acceptors (Lipinski definition) is 4. The van der Waals surface area contributed by atoms with Crippen molar-refractivity contribution in [2.45, 2.75) is 39.0 Å². The number of aryl methyl sites for hydroxylation is 1. The number of aromatic nitrogens is 2. The summed E-state index contributed by atoms with van der Waals surface area (Å²) in [5, 5.41) is 7.76. The lowest BCUT2D eigenvalue weighted by Crippen LogP contribution is -2.48. The number of nitrogens with one attached hydrogen (secondary N) is 1. The van der Waals surface area contributed by atoms with Crippen LogP contribution >= 0.6 is 0 Å². The van der Waals surface area contributed by atoms with Crippen LogP contribution in [0.3, 0.4) is 0 Å². The summed E-state index contributed by atoms with van der Waals surface area (Å²) in [4.78, 5) is 2.49. The minimum absolute atomic E-state index is 0.201. The van der Waals surface area contributed by atoms with Crippen molar-refractivity contribution in [3.05, 3.63) is 18.0 Å². The van der Waals surface area contributed by atoms with Crippen LogP contribution in [0.1, 0.15) is 32.0 Å². The maximum absolute atomic E-state index is 5.99. The number of hydrogen-bond donors (Lipinski definition) is 1. The Morgan fingerprint density at radius 1 is 1.53 bits per heavy atom. The molecule has 1 aromatic rings. The Kier molecular flexibility index (Phi) is 5.36.